The first-order valence-electron chi connectivity index (χ1n) is 5.90. The predicted octanol–water partition coefficient (Wildman–Crippen LogP) is 2.21. The van der Waals surface area contributed by atoms with Gasteiger partial charge in [0.05, 0.1) is 6.54 Å². The third-order valence-electron chi connectivity index (χ3n) is 2.52. The van der Waals surface area contributed by atoms with E-state index in [4.69, 9.17) is 16.3 Å². The molecule has 0 saturated heterocycles. The lowest BCUT2D eigenvalue weighted by Crippen LogP contribution is -2.32. The van der Waals surface area contributed by atoms with Crippen LogP contribution in [0.3, 0.4) is 0 Å². The number of hydrogen-bond acceptors (Lipinski definition) is 3. The Bertz CT molecular complexity index is 371. The molecule has 1 aromatic carbocycles. The molecule has 0 aromatic heterocycles. The molecule has 0 aliphatic heterocycles. The van der Waals surface area contributed by atoms with E-state index in [9.17, 15) is 4.79 Å². The number of amides is 1. The third kappa shape index (κ3) is 7.25. The summed E-state index contributed by atoms with van der Waals surface area (Å²) >= 11 is 5.77. The van der Waals surface area contributed by atoms with E-state index in [0.29, 0.717) is 31.1 Å². The van der Waals surface area contributed by atoms with Gasteiger partial charge in [-0.15, -0.1) is 12.4 Å². The Labute approximate surface area is 125 Å². The standard InChI is InChI=1S/C13H19ClN2O2.ClH/c1-15-8-7-13(17)16(2)9-10-18-12-5-3-11(14)4-6-12;/h3-6,15H,7-10H2,1-2H3;1H. The quantitative estimate of drug-likeness (QED) is 0.840. The molecule has 0 spiro atoms. The van der Waals surface area contributed by atoms with Crippen molar-refractivity contribution >= 4 is 29.9 Å². The third-order valence-corrected chi connectivity index (χ3v) is 2.78. The fourth-order valence-electron chi connectivity index (χ4n) is 1.38. The molecule has 1 amide bonds. The van der Waals surface area contributed by atoms with Gasteiger partial charge in [-0.3, -0.25) is 4.79 Å². The molecule has 0 aliphatic rings. The van der Waals surface area contributed by atoms with Crippen LogP contribution in [0, 0.1) is 0 Å². The lowest BCUT2D eigenvalue weighted by atomic mass is 10.3. The van der Waals surface area contributed by atoms with Crippen LogP contribution in [0.15, 0.2) is 24.3 Å². The van der Waals surface area contributed by atoms with Gasteiger partial charge in [0.15, 0.2) is 0 Å². The topological polar surface area (TPSA) is 41.6 Å². The van der Waals surface area contributed by atoms with Crippen LogP contribution >= 0.6 is 24.0 Å². The molecule has 108 valence electrons. The van der Waals surface area contributed by atoms with E-state index in [-0.39, 0.29) is 18.3 Å². The Kier molecular flexibility index (Phi) is 9.39. The summed E-state index contributed by atoms with van der Waals surface area (Å²) < 4.78 is 5.52. The summed E-state index contributed by atoms with van der Waals surface area (Å²) in [5.74, 6) is 0.875. The second-order valence-corrected chi connectivity index (χ2v) is 4.41. The van der Waals surface area contributed by atoms with Gasteiger partial charge in [0, 0.05) is 25.0 Å². The fourth-order valence-corrected chi connectivity index (χ4v) is 1.50. The largest absolute Gasteiger partial charge is 0.492 e. The molecule has 0 saturated carbocycles. The number of nitrogens with zero attached hydrogens (tertiary/aromatic N) is 1. The van der Waals surface area contributed by atoms with Crippen molar-refractivity contribution in [3.63, 3.8) is 0 Å². The number of benzene rings is 1. The molecule has 4 nitrogen and oxygen atoms in total. The van der Waals surface area contributed by atoms with Gasteiger partial charge in [-0.2, -0.15) is 0 Å². The molecular weight excluding hydrogens is 287 g/mol. The second-order valence-electron chi connectivity index (χ2n) is 3.97. The highest BCUT2D eigenvalue weighted by Crippen LogP contribution is 2.15. The van der Waals surface area contributed by atoms with Gasteiger partial charge in [-0.1, -0.05) is 11.6 Å². The smallest absolute Gasteiger partial charge is 0.223 e. The van der Waals surface area contributed by atoms with Crippen LogP contribution in [0.2, 0.25) is 5.02 Å². The molecule has 0 aliphatic carbocycles. The molecule has 19 heavy (non-hydrogen) atoms. The lowest BCUT2D eigenvalue weighted by Gasteiger charge is -2.17. The average Bonchev–Trinajstić information content (AvgIpc) is 2.38. The summed E-state index contributed by atoms with van der Waals surface area (Å²) in [6.45, 7) is 1.75. The molecule has 0 fully saturated rings. The monoisotopic (exact) mass is 306 g/mol. The van der Waals surface area contributed by atoms with E-state index < -0.39 is 0 Å². The van der Waals surface area contributed by atoms with E-state index in [0.717, 1.165) is 5.75 Å². The Morgan fingerprint density at radius 1 is 1.37 bits per heavy atom. The van der Waals surface area contributed by atoms with Crippen LogP contribution in [-0.4, -0.2) is 44.6 Å². The summed E-state index contributed by atoms with van der Waals surface area (Å²) in [4.78, 5) is 13.3. The molecule has 0 atom stereocenters. The van der Waals surface area contributed by atoms with Gasteiger partial charge in [0.25, 0.3) is 0 Å². The molecule has 0 heterocycles. The SMILES string of the molecule is CNCCC(=O)N(C)CCOc1ccc(Cl)cc1.Cl. The van der Waals surface area contributed by atoms with E-state index in [1.54, 1.807) is 24.1 Å². The van der Waals surface area contributed by atoms with Crippen LogP contribution in [0.4, 0.5) is 0 Å². The molecule has 1 N–H and O–H groups in total. The molecule has 6 heteroatoms. The van der Waals surface area contributed by atoms with E-state index in [2.05, 4.69) is 5.32 Å². The van der Waals surface area contributed by atoms with Crippen molar-refractivity contribution in [3.8, 4) is 5.75 Å². The number of hydrogen-bond donors (Lipinski definition) is 1. The Balaban J connectivity index is 0.00000324. The minimum atomic E-state index is 0. The number of nitrogens with one attached hydrogen (secondary N) is 1. The van der Waals surface area contributed by atoms with Gasteiger partial charge in [0.2, 0.25) is 5.91 Å². The van der Waals surface area contributed by atoms with Crippen molar-refractivity contribution in [2.24, 2.45) is 0 Å². The van der Waals surface area contributed by atoms with Crippen molar-refractivity contribution in [1.82, 2.24) is 10.2 Å². The summed E-state index contributed by atoms with van der Waals surface area (Å²) in [7, 11) is 3.61. The first kappa shape index (κ1) is 18.0. The van der Waals surface area contributed by atoms with Gasteiger partial charge in [-0.05, 0) is 31.3 Å². The minimum Gasteiger partial charge on any atom is -0.492 e. The highest BCUT2D eigenvalue weighted by molar-refractivity contribution is 6.30. The van der Waals surface area contributed by atoms with Crippen LogP contribution < -0.4 is 10.1 Å². The van der Waals surface area contributed by atoms with Gasteiger partial charge in [0.1, 0.15) is 12.4 Å². The lowest BCUT2D eigenvalue weighted by molar-refractivity contribution is -0.130. The predicted molar refractivity (Wildman–Crippen MR) is 80.4 cm³/mol. The van der Waals surface area contributed by atoms with E-state index >= 15 is 0 Å². The number of rotatable bonds is 7. The van der Waals surface area contributed by atoms with Crippen LogP contribution in [-0.2, 0) is 4.79 Å². The zero-order chi connectivity index (χ0) is 13.4. The molecular formula is C13H20Cl2N2O2. The van der Waals surface area contributed by atoms with E-state index in [1.807, 2.05) is 19.2 Å². The number of ether oxygens (including phenoxy) is 1. The van der Waals surface area contributed by atoms with Crippen LogP contribution in [0.1, 0.15) is 6.42 Å². The highest BCUT2D eigenvalue weighted by Gasteiger charge is 2.07. The molecule has 0 bridgehead atoms. The Hall–Kier alpha value is -0.970. The first-order valence-corrected chi connectivity index (χ1v) is 6.28. The number of likely N-dealkylation sites (N-methyl/N-ethyl adjacent to an activating group) is 1. The van der Waals surface area contributed by atoms with E-state index in [1.165, 1.54) is 0 Å². The van der Waals surface area contributed by atoms with Gasteiger partial charge >= 0.3 is 0 Å². The molecule has 0 unspecified atom stereocenters. The summed E-state index contributed by atoms with van der Waals surface area (Å²) in [6.07, 6.45) is 0.508. The Morgan fingerprint density at radius 3 is 2.58 bits per heavy atom. The van der Waals surface area contributed by atoms with Gasteiger partial charge < -0.3 is 15.0 Å². The van der Waals surface area contributed by atoms with Crippen molar-refractivity contribution in [3.05, 3.63) is 29.3 Å². The highest BCUT2D eigenvalue weighted by atomic mass is 35.5. The number of carbonyl (C=O) groups is 1. The zero-order valence-electron chi connectivity index (χ0n) is 11.2. The van der Waals surface area contributed by atoms with Crippen molar-refractivity contribution < 1.29 is 9.53 Å². The maximum atomic E-state index is 11.6. The van der Waals surface area contributed by atoms with Gasteiger partial charge in [-0.25, -0.2) is 0 Å². The zero-order valence-corrected chi connectivity index (χ0v) is 12.8. The fraction of sp³-hybridized carbons (Fsp3) is 0.462. The summed E-state index contributed by atoms with van der Waals surface area (Å²) in [5, 5.41) is 3.63. The van der Waals surface area contributed by atoms with Crippen molar-refractivity contribution in [2.75, 3.05) is 33.8 Å². The first-order chi connectivity index (χ1) is 8.63. The maximum Gasteiger partial charge on any atom is 0.223 e. The summed E-state index contributed by atoms with van der Waals surface area (Å²) in [5.41, 5.74) is 0. The Morgan fingerprint density at radius 2 is 2.00 bits per heavy atom. The molecule has 1 aromatic rings. The minimum absolute atomic E-state index is 0. The average molecular weight is 307 g/mol. The molecule has 1 rings (SSSR count). The van der Waals surface area contributed by atoms with Crippen LogP contribution in [0.25, 0.3) is 0 Å². The summed E-state index contributed by atoms with van der Waals surface area (Å²) in [6, 6.07) is 7.17. The van der Waals surface area contributed by atoms with Crippen LogP contribution in [0.5, 0.6) is 5.75 Å². The van der Waals surface area contributed by atoms with Crippen molar-refractivity contribution in [2.45, 2.75) is 6.42 Å². The van der Waals surface area contributed by atoms with Crippen molar-refractivity contribution in [1.29, 1.82) is 0 Å². The number of halogens is 2. The normalized spacial score (nSPS) is 9.63. The second kappa shape index (κ2) is 9.89. The molecule has 0 radical (unpaired) electrons. The number of carbonyl (C=O) groups excluding carboxylic acids is 1. The maximum absolute atomic E-state index is 11.6.